The highest BCUT2D eigenvalue weighted by Crippen LogP contribution is 2.40. The topological polar surface area (TPSA) is 70.7 Å². The Kier molecular flexibility index (Phi) is 6.82. The summed E-state index contributed by atoms with van der Waals surface area (Å²) in [6.07, 6.45) is 3.69. The summed E-state index contributed by atoms with van der Waals surface area (Å²) in [5, 5.41) is 6.41. The van der Waals surface area contributed by atoms with E-state index in [1.54, 1.807) is 7.11 Å². The quantitative estimate of drug-likeness (QED) is 0.471. The number of ketones is 1. The molecule has 0 saturated carbocycles. The van der Waals surface area contributed by atoms with Gasteiger partial charge in [-0.1, -0.05) is 24.3 Å². The first-order valence-electron chi connectivity index (χ1n) is 12.3. The Morgan fingerprint density at radius 1 is 0.943 bits per heavy atom. The second-order valence-electron chi connectivity index (χ2n) is 9.14. The number of carbonyl (C=O) groups excluding carboxylic acids is 2. The van der Waals surface area contributed by atoms with E-state index in [1.165, 1.54) is 25.9 Å². The maximum Gasteiger partial charge on any atom is 0.255 e. The molecule has 0 aromatic heterocycles. The average Bonchev–Trinajstić information content (AvgIpc) is 3.55. The van der Waals surface area contributed by atoms with Gasteiger partial charge in [-0.3, -0.25) is 9.59 Å². The maximum atomic E-state index is 13.0. The van der Waals surface area contributed by atoms with Crippen LogP contribution in [0.25, 0.3) is 11.1 Å². The number of Topliss-reactive ketones (excluding diaryl/α,β-unsaturated/α-hetero) is 1. The summed E-state index contributed by atoms with van der Waals surface area (Å²) in [6, 6.07) is 19.1. The Morgan fingerprint density at radius 2 is 1.71 bits per heavy atom. The van der Waals surface area contributed by atoms with Crippen molar-refractivity contribution in [3.63, 3.8) is 0 Å². The van der Waals surface area contributed by atoms with Gasteiger partial charge in [0.05, 0.1) is 12.8 Å². The van der Waals surface area contributed by atoms with Crippen molar-refractivity contribution in [3.05, 3.63) is 77.4 Å². The summed E-state index contributed by atoms with van der Waals surface area (Å²) >= 11 is 0. The third-order valence-electron chi connectivity index (χ3n) is 6.94. The molecule has 2 aliphatic rings. The van der Waals surface area contributed by atoms with Crippen LogP contribution in [0.4, 0.5) is 11.4 Å². The van der Waals surface area contributed by atoms with E-state index in [2.05, 4.69) is 15.5 Å². The molecule has 1 aliphatic heterocycles. The number of benzene rings is 3. The van der Waals surface area contributed by atoms with Gasteiger partial charge < -0.3 is 20.3 Å². The first-order valence-corrected chi connectivity index (χ1v) is 12.3. The molecule has 0 unspecified atom stereocenters. The normalized spacial score (nSPS) is 15.2. The zero-order valence-corrected chi connectivity index (χ0v) is 20.1. The molecule has 1 amide bonds. The number of rotatable bonds is 8. The molecule has 6 nitrogen and oxygen atoms in total. The van der Waals surface area contributed by atoms with Crippen LogP contribution >= 0.6 is 0 Å². The van der Waals surface area contributed by atoms with Crippen molar-refractivity contribution in [2.24, 2.45) is 0 Å². The Labute approximate surface area is 206 Å². The second kappa shape index (κ2) is 10.3. The predicted molar refractivity (Wildman–Crippen MR) is 140 cm³/mol. The third-order valence-corrected chi connectivity index (χ3v) is 6.94. The number of methoxy groups -OCH3 is 1. The summed E-state index contributed by atoms with van der Waals surface area (Å²) < 4.78 is 5.54. The molecule has 1 saturated heterocycles. The summed E-state index contributed by atoms with van der Waals surface area (Å²) in [6.45, 7) is 4.30. The molecule has 0 spiro atoms. The largest absolute Gasteiger partial charge is 0.496 e. The molecule has 1 aliphatic carbocycles. The minimum atomic E-state index is -0.222. The zero-order valence-electron chi connectivity index (χ0n) is 20.1. The van der Waals surface area contributed by atoms with Crippen LogP contribution in [0.3, 0.4) is 0 Å². The van der Waals surface area contributed by atoms with Gasteiger partial charge in [-0.15, -0.1) is 0 Å². The Morgan fingerprint density at radius 3 is 2.49 bits per heavy atom. The number of ether oxygens (including phenoxy) is 1. The number of amides is 1. The number of hydrogen-bond acceptors (Lipinski definition) is 5. The zero-order chi connectivity index (χ0) is 24.2. The molecule has 3 aromatic rings. The molecule has 2 N–H and O–H groups in total. The van der Waals surface area contributed by atoms with Gasteiger partial charge >= 0.3 is 0 Å². The standard InChI is InChI=1S/C29H31N3O3/c1-35-27-7-3-2-6-23(27)22-12-14-25(28-24(22)13-15-26(28)33)31-29(34)20-8-10-21(11-9-20)30-16-19-32-17-4-5-18-32/h2-3,6-12,14,30H,4-5,13,15-19H2,1H3,(H,31,34). The number of nitrogens with one attached hydrogen (secondary N) is 2. The lowest BCUT2D eigenvalue weighted by Gasteiger charge is -2.16. The molecule has 5 rings (SSSR count). The van der Waals surface area contributed by atoms with Crippen LogP contribution in [0.5, 0.6) is 5.75 Å². The minimum absolute atomic E-state index is 0.0598. The van der Waals surface area contributed by atoms with Gasteiger partial charge in [-0.05, 0) is 79.9 Å². The van der Waals surface area contributed by atoms with E-state index in [4.69, 9.17) is 4.74 Å². The lowest BCUT2D eigenvalue weighted by atomic mass is 9.95. The summed E-state index contributed by atoms with van der Waals surface area (Å²) in [7, 11) is 1.65. The Balaban J connectivity index is 1.30. The predicted octanol–water partition coefficient (Wildman–Crippen LogP) is 5.25. The van der Waals surface area contributed by atoms with E-state index >= 15 is 0 Å². The molecule has 35 heavy (non-hydrogen) atoms. The van der Waals surface area contributed by atoms with Gasteiger partial charge in [0.2, 0.25) is 0 Å². The highest BCUT2D eigenvalue weighted by atomic mass is 16.5. The first kappa shape index (κ1) is 23.1. The number of fused-ring (bicyclic) bond motifs is 1. The highest BCUT2D eigenvalue weighted by molar-refractivity contribution is 6.12. The van der Waals surface area contributed by atoms with E-state index in [9.17, 15) is 9.59 Å². The van der Waals surface area contributed by atoms with Crippen LogP contribution in [0, 0.1) is 0 Å². The van der Waals surface area contributed by atoms with E-state index in [0.717, 1.165) is 41.2 Å². The van der Waals surface area contributed by atoms with Crippen molar-refractivity contribution in [2.45, 2.75) is 25.7 Å². The van der Waals surface area contributed by atoms with Gasteiger partial charge in [-0.25, -0.2) is 0 Å². The fourth-order valence-corrected chi connectivity index (χ4v) is 5.11. The summed E-state index contributed by atoms with van der Waals surface area (Å²) in [5.74, 6) is 0.602. The first-order chi connectivity index (χ1) is 17.1. The molecule has 180 valence electrons. The molecule has 6 heteroatoms. The lowest BCUT2D eigenvalue weighted by molar-refractivity contribution is 0.0995. The van der Waals surface area contributed by atoms with Gasteiger partial charge in [0.15, 0.2) is 5.78 Å². The number of hydrogen-bond donors (Lipinski definition) is 2. The van der Waals surface area contributed by atoms with Crippen molar-refractivity contribution in [1.82, 2.24) is 4.90 Å². The second-order valence-corrected chi connectivity index (χ2v) is 9.14. The van der Waals surface area contributed by atoms with Crippen LogP contribution in [0.1, 0.15) is 45.5 Å². The third kappa shape index (κ3) is 4.93. The Bertz CT molecular complexity index is 1230. The molecule has 0 bridgehead atoms. The van der Waals surface area contributed by atoms with Crippen molar-refractivity contribution in [3.8, 4) is 16.9 Å². The Hall–Kier alpha value is -3.64. The van der Waals surface area contributed by atoms with E-state index in [-0.39, 0.29) is 11.7 Å². The van der Waals surface area contributed by atoms with E-state index in [0.29, 0.717) is 29.7 Å². The monoisotopic (exact) mass is 469 g/mol. The van der Waals surface area contributed by atoms with Crippen LogP contribution < -0.4 is 15.4 Å². The molecule has 1 heterocycles. The van der Waals surface area contributed by atoms with Crippen LogP contribution in [0.15, 0.2) is 60.7 Å². The van der Waals surface area contributed by atoms with Crippen LogP contribution in [0.2, 0.25) is 0 Å². The highest BCUT2D eigenvalue weighted by Gasteiger charge is 2.28. The summed E-state index contributed by atoms with van der Waals surface area (Å²) in [4.78, 5) is 28.3. The number of carbonyl (C=O) groups is 2. The molecule has 1 fully saturated rings. The smallest absolute Gasteiger partial charge is 0.255 e. The number of para-hydroxylation sites is 1. The van der Waals surface area contributed by atoms with Crippen molar-refractivity contribution < 1.29 is 14.3 Å². The van der Waals surface area contributed by atoms with Crippen molar-refractivity contribution in [1.29, 1.82) is 0 Å². The molecule has 3 aromatic carbocycles. The van der Waals surface area contributed by atoms with E-state index < -0.39 is 0 Å². The van der Waals surface area contributed by atoms with Gasteiger partial charge in [0, 0.05) is 41.9 Å². The molecule has 0 radical (unpaired) electrons. The molecular weight excluding hydrogens is 438 g/mol. The van der Waals surface area contributed by atoms with Gasteiger partial charge in [0.1, 0.15) is 5.75 Å². The van der Waals surface area contributed by atoms with Gasteiger partial charge in [0.25, 0.3) is 5.91 Å². The number of anilines is 2. The molecular formula is C29H31N3O3. The number of nitrogens with zero attached hydrogens (tertiary/aromatic N) is 1. The lowest BCUT2D eigenvalue weighted by Crippen LogP contribution is -2.25. The SMILES string of the molecule is COc1ccccc1-c1ccc(NC(=O)c2ccc(NCCN3CCCC3)cc2)c2c1CCC2=O. The summed E-state index contributed by atoms with van der Waals surface area (Å²) in [5.41, 5.74) is 5.63. The average molecular weight is 470 g/mol. The van der Waals surface area contributed by atoms with Crippen molar-refractivity contribution >= 4 is 23.1 Å². The van der Waals surface area contributed by atoms with Gasteiger partial charge in [-0.2, -0.15) is 0 Å². The minimum Gasteiger partial charge on any atom is -0.496 e. The fraction of sp³-hybridized carbons (Fsp3) is 0.310. The van der Waals surface area contributed by atoms with E-state index in [1.807, 2.05) is 60.7 Å². The number of likely N-dealkylation sites (tertiary alicyclic amines) is 1. The van der Waals surface area contributed by atoms with Crippen LogP contribution in [-0.4, -0.2) is 49.9 Å². The van der Waals surface area contributed by atoms with Crippen LogP contribution in [-0.2, 0) is 6.42 Å². The molecule has 0 atom stereocenters. The fourth-order valence-electron chi connectivity index (χ4n) is 5.11. The van der Waals surface area contributed by atoms with Crippen molar-refractivity contribution in [2.75, 3.05) is 43.9 Å². The maximum absolute atomic E-state index is 13.0.